The molecular weight excluding hydrogens is 212 g/mol. The van der Waals surface area contributed by atoms with Crippen molar-refractivity contribution in [3.05, 3.63) is 12.2 Å². The molecule has 3 nitrogen and oxygen atoms in total. The summed E-state index contributed by atoms with van der Waals surface area (Å²) in [6, 6.07) is 0.456. The summed E-state index contributed by atoms with van der Waals surface area (Å²) < 4.78 is 0. The molecule has 1 aliphatic carbocycles. The summed E-state index contributed by atoms with van der Waals surface area (Å²) >= 11 is 0. The number of carbonyl (C=O) groups excluding carboxylic acids is 1. The van der Waals surface area contributed by atoms with Gasteiger partial charge in [0.15, 0.2) is 0 Å². The van der Waals surface area contributed by atoms with E-state index >= 15 is 0 Å². The van der Waals surface area contributed by atoms with Crippen molar-refractivity contribution in [3.63, 3.8) is 0 Å². The van der Waals surface area contributed by atoms with Crippen LogP contribution in [0.3, 0.4) is 0 Å². The van der Waals surface area contributed by atoms with Crippen LogP contribution in [0.1, 0.15) is 39.0 Å². The lowest BCUT2D eigenvalue weighted by Gasteiger charge is -2.34. The molecule has 0 radical (unpaired) electrons. The number of nitrogens with one attached hydrogen (secondary N) is 1. The van der Waals surface area contributed by atoms with Crippen LogP contribution in [0, 0.1) is 5.92 Å². The minimum Gasteiger partial charge on any atom is -0.338 e. The first kappa shape index (κ1) is 12.6. The summed E-state index contributed by atoms with van der Waals surface area (Å²) in [6.07, 6.45) is 10.0. The molecule has 2 aliphatic rings. The van der Waals surface area contributed by atoms with Gasteiger partial charge in [0.25, 0.3) is 0 Å². The number of allylic oxidation sites excluding steroid dienone is 1. The van der Waals surface area contributed by atoms with E-state index in [2.05, 4.69) is 29.3 Å². The van der Waals surface area contributed by atoms with Gasteiger partial charge >= 0.3 is 0 Å². The molecule has 1 saturated heterocycles. The molecule has 2 rings (SSSR count). The lowest BCUT2D eigenvalue weighted by atomic mass is 9.96. The van der Waals surface area contributed by atoms with Gasteiger partial charge in [0, 0.05) is 12.6 Å². The Balaban J connectivity index is 2.10. The van der Waals surface area contributed by atoms with E-state index in [1.54, 1.807) is 0 Å². The van der Waals surface area contributed by atoms with E-state index in [4.69, 9.17) is 0 Å². The van der Waals surface area contributed by atoms with Crippen molar-refractivity contribution in [1.82, 2.24) is 10.2 Å². The monoisotopic (exact) mass is 236 g/mol. The number of nitrogens with zero attached hydrogens (tertiary/aromatic N) is 1. The highest BCUT2D eigenvalue weighted by atomic mass is 16.2. The van der Waals surface area contributed by atoms with Gasteiger partial charge in [-0.1, -0.05) is 19.1 Å². The second-order valence-corrected chi connectivity index (χ2v) is 5.36. The van der Waals surface area contributed by atoms with E-state index in [1.165, 1.54) is 0 Å². The van der Waals surface area contributed by atoms with Crippen LogP contribution < -0.4 is 5.32 Å². The Morgan fingerprint density at radius 3 is 2.82 bits per heavy atom. The molecule has 0 aromatic heterocycles. The fraction of sp³-hybridized carbons (Fsp3) is 0.786. The van der Waals surface area contributed by atoms with Gasteiger partial charge in [0.2, 0.25) is 5.91 Å². The molecular formula is C14H24N2O. The van der Waals surface area contributed by atoms with Gasteiger partial charge in [-0.3, -0.25) is 4.79 Å². The van der Waals surface area contributed by atoms with Crippen molar-refractivity contribution in [3.8, 4) is 0 Å². The molecule has 1 aliphatic heterocycles. The highest BCUT2D eigenvalue weighted by Gasteiger charge is 2.34. The molecule has 0 saturated carbocycles. The highest BCUT2D eigenvalue weighted by Crippen LogP contribution is 2.24. The largest absolute Gasteiger partial charge is 0.338 e. The van der Waals surface area contributed by atoms with E-state index in [1.807, 2.05) is 7.05 Å². The average Bonchev–Trinajstić information content (AvgIpc) is 2.49. The van der Waals surface area contributed by atoms with Crippen LogP contribution in [-0.4, -0.2) is 36.5 Å². The minimum atomic E-state index is 0.0170. The minimum absolute atomic E-state index is 0.0170. The summed E-state index contributed by atoms with van der Waals surface area (Å²) in [7, 11) is 1.91. The van der Waals surface area contributed by atoms with Crippen LogP contribution in [0.5, 0.6) is 0 Å². The maximum absolute atomic E-state index is 12.5. The first-order valence-corrected chi connectivity index (χ1v) is 6.86. The van der Waals surface area contributed by atoms with Crippen molar-refractivity contribution >= 4 is 5.91 Å². The van der Waals surface area contributed by atoms with Gasteiger partial charge in [-0.25, -0.2) is 0 Å². The van der Waals surface area contributed by atoms with Crippen molar-refractivity contribution in [1.29, 1.82) is 0 Å². The Bertz CT molecular complexity index is 301. The predicted molar refractivity (Wildman–Crippen MR) is 69.7 cm³/mol. The fourth-order valence-corrected chi connectivity index (χ4v) is 3.11. The molecule has 17 heavy (non-hydrogen) atoms. The lowest BCUT2D eigenvalue weighted by molar-refractivity contribution is -0.136. The average molecular weight is 236 g/mol. The van der Waals surface area contributed by atoms with Gasteiger partial charge in [-0.2, -0.15) is 0 Å². The van der Waals surface area contributed by atoms with E-state index < -0.39 is 0 Å². The zero-order valence-corrected chi connectivity index (χ0v) is 11.0. The molecule has 0 bridgehead atoms. The lowest BCUT2D eigenvalue weighted by Crippen LogP contribution is -2.50. The second kappa shape index (κ2) is 5.67. The molecule has 0 aromatic rings. The number of hydrogen-bond donors (Lipinski definition) is 1. The molecule has 1 amide bonds. The van der Waals surface area contributed by atoms with Gasteiger partial charge in [-0.05, 0) is 45.1 Å². The Hall–Kier alpha value is -0.830. The third kappa shape index (κ3) is 2.71. The molecule has 1 N–H and O–H groups in total. The third-order valence-corrected chi connectivity index (χ3v) is 4.17. The Labute approximate surface area is 104 Å². The molecule has 0 aromatic carbocycles. The van der Waals surface area contributed by atoms with E-state index in [0.717, 1.165) is 38.6 Å². The van der Waals surface area contributed by atoms with Gasteiger partial charge in [0.05, 0.1) is 6.04 Å². The van der Waals surface area contributed by atoms with Crippen LogP contribution in [-0.2, 0) is 4.79 Å². The highest BCUT2D eigenvalue weighted by molar-refractivity contribution is 5.82. The van der Waals surface area contributed by atoms with Crippen LogP contribution in [0.25, 0.3) is 0 Å². The van der Waals surface area contributed by atoms with Crippen molar-refractivity contribution < 1.29 is 4.79 Å². The smallest absolute Gasteiger partial charge is 0.240 e. The molecule has 96 valence electrons. The van der Waals surface area contributed by atoms with E-state index in [9.17, 15) is 4.79 Å². The number of likely N-dealkylation sites (N-methyl/N-ethyl adjacent to an activating group) is 1. The number of rotatable bonds is 2. The summed E-state index contributed by atoms with van der Waals surface area (Å²) in [5.41, 5.74) is 0. The zero-order chi connectivity index (χ0) is 12.3. The summed E-state index contributed by atoms with van der Waals surface area (Å²) in [4.78, 5) is 14.7. The summed E-state index contributed by atoms with van der Waals surface area (Å²) in [5, 5.41) is 3.20. The van der Waals surface area contributed by atoms with Crippen LogP contribution in [0.4, 0.5) is 0 Å². The molecule has 3 heteroatoms. The second-order valence-electron chi connectivity index (χ2n) is 5.36. The van der Waals surface area contributed by atoms with E-state index in [-0.39, 0.29) is 6.04 Å². The third-order valence-electron chi connectivity index (χ3n) is 4.17. The topological polar surface area (TPSA) is 32.3 Å². The quantitative estimate of drug-likeness (QED) is 0.743. The maximum atomic E-state index is 12.5. The number of amides is 1. The van der Waals surface area contributed by atoms with Crippen molar-refractivity contribution in [2.24, 2.45) is 5.92 Å². The van der Waals surface area contributed by atoms with Crippen LogP contribution in [0.2, 0.25) is 0 Å². The fourth-order valence-electron chi connectivity index (χ4n) is 3.11. The normalized spacial score (nSPS) is 34.8. The van der Waals surface area contributed by atoms with Crippen LogP contribution in [0.15, 0.2) is 12.2 Å². The van der Waals surface area contributed by atoms with Crippen molar-refractivity contribution in [2.45, 2.75) is 51.1 Å². The number of likely N-dealkylation sites (tertiary alicyclic amines) is 1. The molecule has 1 heterocycles. The zero-order valence-electron chi connectivity index (χ0n) is 11.0. The van der Waals surface area contributed by atoms with Gasteiger partial charge in [-0.15, -0.1) is 0 Å². The van der Waals surface area contributed by atoms with Crippen LogP contribution >= 0.6 is 0 Å². The summed E-state index contributed by atoms with van der Waals surface area (Å²) in [6.45, 7) is 3.13. The standard InChI is InChI=1S/C14H24N2O/c1-11-7-6-10-16(14(17)13(11)15-2)12-8-4-3-5-9-12/h3-4,11-13,15H,5-10H2,1-2H3. The number of hydrogen-bond acceptors (Lipinski definition) is 2. The van der Waals surface area contributed by atoms with E-state index in [0.29, 0.717) is 17.9 Å². The molecule has 1 fully saturated rings. The van der Waals surface area contributed by atoms with Crippen molar-refractivity contribution in [2.75, 3.05) is 13.6 Å². The first-order chi connectivity index (χ1) is 8.24. The Morgan fingerprint density at radius 2 is 2.18 bits per heavy atom. The molecule has 3 atom stereocenters. The molecule has 0 spiro atoms. The number of carbonyl (C=O) groups is 1. The maximum Gasteiger partial charge on any atom is 0.240 e. The Morgan fingerprint density at radius 1 is 1.35 bits per heavy atom. The summed E-state index contributed by atoms with van der Waals surface area (Å²) in [5.74, 6) is 0.773. The Kier molecular flexibility index (Phi) is 4.21. The van der Waals surface area contributed by atoms with Gasteiger partial charge in [0.1, 0.15) is 0 Å². The molecule has 3 unspecified atom stereocenters. The SMILES string of the molecule is CNC1C(=O)N(C2CC=CCC2)CCCC1C. The first-order valence-electron chi connectivity index (χ1n) is 6.86. The predicted octanol–water partition coefficient (Wildman–Crippen LogP) is 1.94. The van der Waals surface area contributed by atoms with Gasteiger partial charge < -0.3 is 10.2 Å².